The molecule has 0 atom stereocenters. The molecule has 0 saturated heterocycles. The molecule has 0 aliphatic heterocycles. The number of carbonyl (C=O) groups excluding carboxylic acids is 1. The van der Waals surface area contributed by atoms with Crippen molar-refractivity contribution in [1.82, 2.24) is 5.32 Å². The van der Waals surface area contributed by atoms with Crippen LogP contribution < -0.4 is 11.1 Å². The molecule has 1 aromatic carbocycles. The topological polar surface area (TPSA) is 55.1 Å². The lowest BCUT2D eigenvalue weighted by atomic mass is 9.91. The summed E-state index contributed by atoms with van der Waals surface area (Å²) < 4.78 is 13.4. The van der Waals surface area contributed by atoms with Crippen LogP contribution in [0.2, 0.25) is 0 Å². The Morgan fingerprint density at radius 2 is 2.00 bits per heavy atom. The van der Waals surface area contributed by atoms with Crippen LogP contribution in [0.1, 0.15) is 36.0 Å². The Labute approximate surface area is 114 Å². The Morgan fingerprint density at radius 1 is 1.33 bits per heavy atom. The zero-order valence-electron chi connectivity index (χ0n) is 9.96. The van der Waals surface area contributed by atoms with Crippen LogP contribution in [-0.4, -0.2) is 18.0 Å². The largest absolute Gasteiger partial charge is 0.349 e. The van der Waals surface area contributed by atoms with Gasteiger partial charge in [-0.3, -0.25) is 4.79 Å². The van der Waals surface area contributed by atoms with Gasteiger partial charge in [0, 0.05) is 16.6 Å². The van der Waals surface area contributed by atoms with Crippen molar-refractivity contribution >= 4 is 21.8 Å². The summed E-state index contributed by atoms with van der Waals surface area (Å²) in [5.74, 6) is -0.524. The van der Waals surface area contributed by atoms with Crippen molar-refractivity contribution in [3.05, 3.63) is 34.1 Å². The highest BCUT2D eigenvalue weighted by Crippen LogP contribution is 2.20. The lowest BCUT2D eigenvalue weighted by Crippen LogP contribution is -2.40. The van der Waals surface area contributed by atoms with E-state index in [0.29, 0.717) is 10.0 Å². The molecule has 0 aromatic heterocycles. The van der Waals surface area contributed by atoms with Crippen LogP contribution in [0.15, 0.2) is 22.7 Å². The van der Waals surface area contributed by atoms with Crippen LogP contribution >= 0.6 is 15.9 Å². The fraction of sp³-hybridized carbons (Fsp3) is 0.462. The van der Waals surface area contributed by atoms with Gasteiger partial charge in [0.25, 0.3) is 5.91 Å². The predicted octanol–water partition coefficient (Wildman–Crippen LogP) is 2.59. The van der Waals surface area contributed by atoms with Crippen molar-refractivity contribution in [1.29, 1.82) is 0 Å². The second-order valence-corrected chi connectivity index (χ2v) is 5.56. The van der Waals surface area contributed by atoms with Crippen molar-refractivity contribution in [2.45, 2.75) is 37.8 Å². The average molecular weight is 315 g/mol. The number of rotatable bonds is 2. The molecular weight excluding hydrogens is 299 g/mol. The highest BCUT2D eigenvalue weighted by Gasteiger charge is 2.21. The summed E-state index contributed by atoms with van der Waals surface area (Å²) in [4.78, 5) is 12.0. The number of amides is 1. The Hall–Kier alpha value is -0.940. The zero-order chi connectivity index (χ0) is 13.1. The molecule has 1 aliphatic rings. The van der Waals surface area contributed by atoms with Gasteiger partial charge in [-0.25, -0.2) is 4.39 Å². The van der Waals surface area contributed by atoms with E-state index in [1.807, 2.05) is 0 Å². The van der Waals surface area contributed by atoms with Gasteiger partial charge in [-0.1, -0.05) is 0 Å². The molecule has 3 nitrogen and oxygen atoms in total. The van der Waals surface area contributed by atoms with E-state index >= 15 is 0 Å². The first-order valence-electron chi connectivity index (χ1n) is 6.08. The third-order valence-electron chi connectivity index (χ3n) is 3.28. The third kappa shape index (κ3) is 3.29. The highest BCUT2D eigenvalue weighted by molar-refractivity contribution is 9.10. The van der Waals surface area contributed by atoms with Gasteiger partial charge in [-0.05, 0) is 59.8 Å². The zero-order valence-corrected chi connectivity index (χ0v) is 11.5. The summed E-state index contributed by atoms with van der Waals surface area (Å²) in [6, 6.07) is 4.51. The van der Waals surface area contributed by atoms with E-state index in [1.165, 1.54) is 18.2 Å². The molecule has 0 bridgehead atoms. The van der Waals surface area contributed by atoms with Gasteiger partial charge in [-0.15, -0.1) is 0 Å². The highest BCUT2D eigenvalue weighted by atomic mass is 79.9. The minimum absolute atomic E-state index is 0.164. The standard InChI is InChI=1S/C13H16BrFN2O/c14-12-7-8(15)1-6-11(12)13(18)17-10-4-2-9(16)3-5-10/h1,6-7,9-10H,2-5,16H2,(H,17,18). The van der Waals surface area contributed by atoms with Gasteiger partial charge < -0.3 is 11.1 Å². The maximum atomic E-state index is 12.9. The maximum Gasteiger partial charge on any atom is 0.252 e. The minimum Gasteiger partial charge on any atom is -0.349 e. The Morgan fingerprint density at radius 3 is 2.61 bits per heavy atom. The molecule has 5 heteroatoms. The molecule has 98 valence electrons. The molecule has 1 fully saturated rings. The molecule has 0 unspecified atom stereocenters. The van der Waals surface area contributed by atoms with Crippen LogP contribution in [0.4, 0.5) is 4.39 Å². The summed E-state index contributed by atoms with van der Waals surface area (Å²) in [6.45, 7) is 0. The number of nitrogens with two attached hydrogens (primary N) is 1. The molecule has 18 heavy (non-hydrogen) atoms. The molecular formula is C13H16BrFN2O. The van der Waals surface area contributed by atoms with Gasteiger partial charge in [0.1, 0.15) is 5.82 Å². The van der Waals surface area contributed by atoms with Crippen molar-refractivity contribution < 1.29 is 9.18 Å². The second-order valence-electron chi connectivity index (χ2n) is 4.71. The van der Waals surface area contributed by atoms with Crippen molar-refractivity contribution in [3.8, 4) is 0 Å². The normalized spacial score (nSPS) is 23.7. The first kappa shape index (κ1) is 13.5. The first-order chi connectivity index (χ1) is 8.56. The quantitative estimate of drug-likeness (QED) is 0.881. The van der Waals surface area contributed by atoms with Crippen LogP contribution in [0, 0.1) is 5.82 Å². The molecule has 0 spiro atoms. The third-order valence-corrected chi connectivity index (χ3v) is 3.94. The summed E-state index contributed by atoms with van der Waals surface area (Å²) in [6.07, 6.45) is 3.70. The smallest absolute Gasteiger partial charge is 0.252 e. The lowest BCUT2D eigenvalue weighted by molar-refractivity contribution is 0.0925. The molecule has 1 saturated carbocycles. The molecule has 1 amide bonds. The number of carbonyl (C=O) groups is 1. The van der Waals surface area contributed by atoms with E-state index in [9.17, 15) is 9.18 Å². The monoisotopic (exact) mass is 314 g/mol. The lowest BCUT2D eigenvalue weighted by Gasteiger charge is -2.26. The van der Waals surface area contributed by atoms with Crippen LogP contribution in [-0.2, 0) is 0 Å². The van der Waals surface area contributed by atoms with E-state index in [4.69, 9.17) is 5.73 Å². The van der Waals surface area contributed by atoms with Gasteiger partial charge in [-0.2, -0.15) is 0 Å². The number of hydrogen-bond donors (Lipinski definition) is 2. The fourth-order valence-electron chi connectivity index (χ4n) is 2.20. The van der Waals surface area contributed by atoms with E-state index in [-0.39, 0.29) is 23.8 Å². The summed E-state index contributed by atoms with van der Waals surface area (Å²) in [5.41, 5.74) is 6.28. The van der Waals surface area contributed by atoms with Crippen LogP contribution in [0.5, 0.6) is 0 Å². The second kappa shape index (κ2) is 5.80. The Bertz CT molecular complexity index is 445. The number of benzene rings is 1. The number of hydrogen-bond acceptors (Lipinski definition) is 2. The minimum atomic E-state index is -0.359. The first-order valence-corrected chi connectivity index (χ1v) is 6.87. The van der Waals surface area contributed by atoms with Gasteiger partial charge in [0.2, 0.25) is 0 Å². The summed E-state index contributed by atoms with van der Waals surface area (Å²) in [7, 11) is 0. The van der Waals surface area contributed by atoms with Gasteiger partial charge in [0.05, 0.1) is 5.56 Å². The van der Waals surface area contributed by atoms with E-state index < -0.39 is 0 Å². The van der Waals surface area contributed by atoms with Crippen molar-refractivity contribution in [2.24, 2.45) is 5.73 Å². The SMILES string of the molecule is NC1CCC(NC(=O)c2ccc(F)cc2Br)CC1. The number of nitrogens with one attached hydrogen (secondary N) is 1. The Balaban J connectivity index is 1.99. The maximum absolute atomic E-state index is 12.9. The summed E-state index contributed by atoms with van der Waals surface area (Å²) in [5, 5.41) is 2.97. The summed E-state index contributed by atoms with van der Waals surface area (Å²) >= 11 is 3.20. The van der Waals surface area contributed by atoms with E-state index in [1.54, 1.807) is 0 Å². The fourth-order valence-corrected chi connectivity index (χ4v) is 2.73. The van der Waals surface area contributed by atoms with E-state index in [0.717, 1.165) is 25.7 Å². The van der Waals surface area contributed by atoms with Crippen LogP contribution in [0.3, 0.4) is 0 Å². The molecule has 1 aliphatic carbocycles. The Kier molecular flexibility index (Phi) is 4.35. The van der Waals surface area contributed by atoms with E-state index in [2.05, 4.69) is 21.2 Å². The molecule has 3 N–H and O–H groups in total. The van der Waals surface area contributed by atoms with Gasteiger partial charge in [0.15, 0.2) is 0 Å². The average Bonchev–Trinajstić information content (AvgIpc) is 2.32. The van der Waals surface area contributed by atoms with Crippen molar-refractivity contribution in [2.75, 3.05) is 0 Å². The number of halogens is 2. The van der Waals surface area contributed by atoms with Crippen LogP contribution in [0.25, 0.3) is 0 Å². The van der Waals surface area contributed by atoms with Gasteiger partial charge >= 0.3 is 0 Å². The predicted molar refractivity (Wildman–Crippen MR) is 71.8 cm³/mol. The molecule has 0 radical (unpaired) electrons. The van der Waals surface area contributed by atoms with Crippen molar-refractivity contribution in [3.63, 3.8) is 0 Å². The molecule has 1 aromatic rings. The molecule has 0 heterocycles. The molecule has 2 rings (SSSR count).